The summed E-state index contributed by atoms with van der Waals surface area (Å²) < 4.78 is 7.55. The maximum Gasteiger partial charge on any atom is 0.119 e. The molecular formula is C16H23N3O. The van der Waals surface area contributed by atoms with Gasteiger partial charge in [0.25, 0.3) is 0 Å². The molecule has 0 radical (unpaired) electrons. The van der Waals surface area contributed by atoms with Gasteiger partial charge < -0.3 is 10.1 Å². The Kier molecular flexibility index (Phi) is 5.62. The third-order valence-electron chi connectivity index (χ3n) is 3.18. The van der Waals surface area contributed by atoms with Crippen molar-refractivity contribution in [2.75, 3.05) is 13.2 Å². The number of nitrogens with zero attached hydrogens (tertiary/aromatic N) is 2. The van der Waals surface area contributed by atoms with Crippen molar-refractivity contribution in [1.82, 2.24) is 15.1 Å². The average molecular weight is 273 g/mol. The molecule has 0 atom stereocenters. The van der Waals surface area contributed by atoms with E-state index in [4.69, 9.17) is 4.74 Å². The molecule has 0 unspecified atom stereocenters. The van der Waals surface area contributed by atoms with Crippen LogP contribution in [0.15, 0.2) is 36.5 Å². The summed E-state index contributed by atoms with van der Waals surface area (Å²) in [5.41, 5.74) is 2.50. The van der Waals surface area contributed by atoms with E-state index in [0.29, 0.717) is 0 Å². The van der Waals surface area contributed by atoms with Gasteiger partial charge in [-0.15, -0.1) is 0 Å². The summed E-state index contributed by atoms with van der Waals surface area (Å²) in [6.07, 6.45) is 3.86. The molecule has 1 heterocycles. The number of hydrogen-bond donors (Lipinski definition) is 1. The molecule has 0 bridgehead atoms. The third kappa shape index (κ3) is 4.38. The fourth-order valence-electron chi connectivity index (χ4n) is 2.06. The van der Waals surface area contributed by atoms with Crippen molar-refractivity contribution >= 4 is 0 Å². The number of hydrogen-bond acceptors (Lipinski definition) is 3. The minimum absolute atomic E-state index is 0.775. The molecule has 1 aromatic carbocycles. The number of rotatable bonds is 8. The van der Waals surface area contributed by atoms with E-state index in [1.54, 1.807) is 0 Å². The lowest BCUT2D eigenvalue weighted by molar-refractivity contribution is 0.317. The Balaban J connectivity index is 1.75. The number of aryl methyl sites for hydroxylation is 1. The van der Waals surface area contributed by atoms with Crippen LogP contribution >= 0.6 is 0 Å². The van der Waals surface area contributed by atoms with Crippen LogP contribution in [0.2, 0.25) is 0 Å². The van der Waals surface area contributed by atoms with Crippen molar-refractivity contribution in [3.63, 3.8) is 0 Å². The molecule has 0 aliphatic carbocycles. The Labute approximate surface area is 120 Å². The molecule has 4 heteroatoms. The van der Waals surface area contributed by atoms with Gasteiger partial charge in [0.15, 0.2) is 0 Å². The van der Waals surface area contributed by atoms with Gasteiger partial charge in [0.05, 0.1) is 6.61 Å². The number of ether oxygens (including phenoxy) is 1. The third-order valence-corrected chi connectivity index (χ3v) is 3.18. The van der Waals surface area contributed by atoms with Gasteiger partial charge in [0.2, 0.25) is 0 Å². The van der Waals surface area contributed by atoms with Crippen LogP contribution in [-0.2, 0) is 20.0 Å². The van der Waals surface area contributed by atoms with Crippen LogP contribution in [0.3, 0.4) is 0 Å². The Hall–Kier alpha value is -1.81. The highest BCUT2D eigenvalue weighted by atomic mass is 16.5. The van der Waals surface area contributed by atoms with Crippen molar-refractivity contribution in [3.05, 3.63) is 47.8 Å². The average Bonchev–Trinajstić information content (AvgIpc) is 2.87. The predicted molar refractivity (Wildman–Crippen MR) is 80.8 cm³/mol. The van der Waals surface area contributed by atoms with Crippen LogP contribution in [0.1, 0.15) is 24.6 Å². The predicted octanol–water partition coefficient (Wildman–Crippen LogP) is 2.54. The largest absolute Gasteiger partial charge is 0.494 e. The van der Waals surface area contributed by atoms with Gasteiger partial charge in [-0.3, -0.25) is 4.68 Å². The maximum atomic E-state index is 5.64. The molecule has 0 aliphatic heterocycles. The van der Waals surface area contributed by atoms with E-state index in [9.17, 15) is 0 Å². The summed E-state index contributed by atoms with van der Waals surface area (Å²) in [6, 6.07) is 10.3. The molecule has 0 aliphatic rings. The van der Waals surface area contributed by atoms with E-state index < -0.39 is 0 Å². The molecule has 1 aromatic heterocycles. The first-order valence-electron chi connectivity index (χ1n) is 7.19. The minimum Gasteiger partial charge on any atom is -0.494 e. The Morgan fingerprint density at radius 3 is 2.95 bits per heavy atom. The van der Waals surface area contributed by atoms with Crippen molar-refractivity contribution in [3.8, 4) is 5.75 Å². The highest BCUT2D eigenvalue weighted by Gasteiger charge is 1.99. The Bertz CT molecular complexity index is 522. The second-order valence-electron chi connectivity index (χ2n) is 4.87. The molecule has 0 saturated heterocycles. The smallest absolute Gasteiger partial charge is 0.119 e. The standard InChI is InChI=1S/C16H23N3O/c1-3-11-20-16-6-4-5-14(12-16)13-17-9-7-15-8-10-18-19(15)2/h4-6,8,10,12,17H,3,7,9,11,13H2,1-2H3. The topological polar surface area (TPSA) is 39.1 Å². The quantitative estimate of drug-likeness (QED) is 0.751. The molecule has 0 fully saturated rings. The van der Waals surface area contributed by atoms with Gasteiger partial charge in [-0.05, 0) is 30.2 Å². The zero-order valence-corrected chi connectivity index (χ0v) is 12.3. The van der Waals surface area contributed by atoms with E-state index in [1.807, 2.05) is 30.1 Å². The molecule has 4 nitrogen and oxygen atoms in total. The van der Waals surface area contributed by atoms with Crippen LogP contribution in [0.5, 0.6) is 5.75 Å². The molecule has 2 aromatic rings. The minimum atomic E-state index is 0.775. The van der Waals surface area contributed by atoms with Gasteiger partial charge in [-0.2, -0.15) is 5.10 Å². The van der Waals surface area contributed by atoms with Gasteiger partial charge in [-0.25, -0.2) is 0 Å². The summed E-state index contributed by atoms with van der Waals surface area (Å²) in [7, 11) is 1.98. The second kappa shape index (κ2) is 7.70. The molecule has 1 N–H and O–H groups in total. The Morgan fingerprint density at radius 1 is 1.30 bits per heavy atom. The van der Waals surface area contributed by atoms with Crippen LogP contribution in [0.4, 0.5) is 0 Å². The number of aromatic nitrogens is 2. The molecule has 0 amide bonds. The van der Waals surface area contributed by atoms with Crippen molar-refractivity contribution < 1.29 is 4.74 Å². The van der Waals surface area contributed by atoms with E-state index in [1.165, 1.54) is 11.3 Å². The van der Waals surface area contributed by atoms with Gasteiger partial charge in [-0.1, -0.05) is 19.1 Å². The first-order valence-corrected chi connectivity index (χ1v) is 7.19. The normalized spacial score (nSPS) is 10.7. The zero-order valence-electron chi connectivity index (χ0n) is 12.3. The summed E-state index contributed by atoms with van der Waals surface area (Å²) in [5, 5.41) is 7.62. The van der Waals surface area contributed by atoms with E-state index >= 15 is 0 Å². The van der Waals surface area contributed by atoms with Gasteiger partial charge in [0, 0.05) is 38.4 Å². The summed E-state index contributed by atoms with van der Waals surface area (Å²) in [6.45, 7) is 4.70. The molecule has 108 valence electrons. The SMILES string of the molecule is CCCOc1cccc(CNCCc2ccnn2C)c1. The first kappa shape index (κ1) is 14.6. The van der Waals surface area contributed by atoms with Gasteiger partial charge >= 0.3 is 0 Å². The van der Waals surface area contributed by atoms with Crippen molar-refractivity contribution in [2.45, 2.75) is 26.3 Å². The summed E-state index contributed by atoms with van der Waals surface area (Å²) in [4.78, 5) is 0. The second-order valence-corrected chi connectivity index (χ2v) is 4.87. The van der Waals surface area contributed by atoms with Gasteiger partial charge in [0.1, 0.15) is 5.75 Å². The van der Waals surface area contributed by atoms with Crippen LogP contribution < -0.4 is 10.1 Å². The van der Waals surface area contributed by atoms with E-state index in [2.05, 4.69) is 35.5 Å². The van der Waals surface area contributed by atoms with E-state index in [-0.39, 0.29) is 0 Å². The number of benzene rings is 1. The lowest BCUT2D eigenvalue weighted by Crippen LogP contribution is -2.17. The zero-order chi connectivity index (χ0) is 14.2. The molecule has 0 spiro atoms. The molecule has 2 rings (SSSR count). The van der Waals surface area contributed by atoms with Crippen LogP contribution in [0, 0.1) is 0 Å². The first-order chi connectivity index (χ1) is 9.79. The summed E-state index contributed by atoms with van der Waals surface area (Å²) in [5.74, 6) is 0.956. The van der Waals surface area contributed by atoms with E-state index in [0.717, 1.165) is 38.3 Å². The highest BCUT2D eigenvalue weighted by Crippen LogP contribution is 2.13. The van der Waals surface area contributed by atoms with Crippen LogP contribution in [-0.4, -0.2) is 22.9 Å². The fourth-order valence-corrected chi connectivity index (χ4v) is 2.06. The lowest BCUT2D eigenvalue weighted by Gasteiger charge is -2.08. The van der Waals surface area contributed by atoms with Crippen molar-refractivity contribution in [1.29, 1.82) is 0 Å². The molecule has 20 heavy (non-hydrogen) atoms. The summed E-state index contributed by atoms with van der Waals surface area (Å²) >= 11 is 0. The lowest BCUT2D eigenvalue weighted by atomic mass is 10.2. The highest BCUT2D eigenvalue weighted by molar-refractivity contribution is 5.28. The maximum absolute atomic E-state index is 5.64. The fraction of sp³-hybridized carbons (Fsp3) is 0.438. The molecule has 0 saturated carbocycles. The van der Waals surface area contributed by atoms with Crippen LogP contribution in [0.25, 0.3) is 0 Å². The Morgan fingerprint density at radius 2 is 2.20 bits per heavy atom. The molecular weight excluding hydrogens is 250 g/mol. The van der Waals surface area contributed by atoms with Crippen molar-refractivity contribution in [2.24, 2.45) is 7.05 Å². The monoisotopic (exact) mass is 273 g/mol. The number of nitrogens with one attached hydrogen (secondary N) is 1.